The maximum atomic E-state index is 11.9. The molecule has 7 heteroatoms. The molecule has 0 fully saturated rings. The van der Waals surface area contributed by atoms with E-state index in [0.717, 1.165) is 5.56 Å². The quantitative estimate of drug-likeness (QED) is 0.632. The van der Waals surface area contributed by atoms with Gasteiger partial charge >= 0.3 is 0 Å². The minimum atomic E-state index is -0.615. The molecule has 0 radical (unpaired) electrons. The zero-order chi connectivity index (χ0) is 13.0. The maximum absolute atomic E-state index is 11.9. The highest BCUT2D eigenvalue weighted by molar-refractivity contribution is 7.08. The number of nitrogens with zero attached hydrogens (tertiary/aromatic N) is 2. The number of amides is 1. The van der Waals surface area contributed by atoms with E-state index < -0.39 is 6.04 Å². The van der Waals surface area contributed by atoms with E-state index >= 15 is 0 Å². The molecule has 0 spiro atoms. The monoisotopic (exact) mass is 265 g/mol. The zero-order valence-electron chi connectivity index (χ0n) is 9.62. The minimum Gasteiger partial charge on any atom is -0.348 e. The summed E-state index contributed by atoms with van der Waals surface area (Å²) < 4.78 is 5.01. The van der Waals surface area contributed by atoms with Gasteiger partial charge in [0.05, 0.1) is 11.6 Å². The summed E-state index contributed by atoms with van der Waals surface area (Å²) in [7, 11) is 0. The van der Waals surface area contributed by atoms with Crippen LogP contribution < -0.4 is 5.32 Å². The van der Waals surface area contributed by atoms with Crippen molar-refractivity contribution in [1.82, 2.24) is 15.5 Å². The molecule has 2 rings (SSSR count). The maximum Gasteiger partial charge on any atom is 0.259 e. The van der Waals surface area contributed by atoms with Gasteiger partial charge in [-0.05, 0) is 17.9 Å². The molecule has 0 aromatic carbocycles. The van der Waals surface area contributed by atoms with E-state index in [1.54, 1.807) is 6.92 Å². The van der Waals surface area contributed by atoms with Gasteiger partial charge in [0.15, 0.2) is 0 Å². The molecule has 6 nitrogen and oxygen atoms in total. The summed E-state index contributed by atoms with van der Waals surface area (Å²) in [6, 6.07) is 1.21. The third kappa shape index (κ3) is 2.45. The van der Waals surface area contributed by atoms with Gasteiger partial charge in [0.2, 0.25) is 18.0 Å². The number of carbonyl (C=O) groups is 2. The van der Waals surface area contributed by atoms with E-state index in [2.05, 4.69) is 15.5 Å². The summed E-state index contributed by atoms with van der Waals surface area (Å²) in [5.74, 6) is -0.0622. The molecule has 0 saturated heterocycles. The van der Waals surface area contributed by atoms with Gasteiger partial charge in [-0.3, -0.25) is 9.59 Å². The van der Waals surface area contributed by atoms with E-state index in [1.807, 2.05) is 16.8 Å². The van der Waals surface area contributed by atoms with Crippen LogP contribution in [-0.2, 0) is 4.79 Å². The first-order valence-electron chi connectivity index (χ1n) is 5.36. The lowest BCUT2D eigenvalue weighted by Gasteiger charge is -2.08. The molecule has 0 aliphatic heterocycles. The average molecular weight is 265 g/mol. The fourth-order valence-electron chi connectivity index (χ4n) is 1.44. The molecular formula is C11H11N3O3S. The number of thiophene rings is 1. The number of aromatic nitrogens is 2. The number of hydrogen-bond donors (Lipinski definition) is 1. The van der Waals surface area contributed by atoms with Crippen LogP contribution in [0.1, 0.15) is 24.0 Å². The molecule has 2 aromatic heterocycles. The normalized spacial score (nSPS) is 12.1. The Morgan fingerprint density at radius 3 is 3.11 bits per heavy atom. The van der Waals surface area contributed by atoms with E-state index in [9.17, 15) is 9.59 Å². The van der Waals surface area contributed by atoms with E-state index in [1.165, 1.54) is 11.3 Å². The van der Waals surface area contributed by atoms with Gasteiger partial charge in [0.25, 0.3) is 5.89 Å². The molecule has 18 heavy (non-hydrogen) atoms. The number of Topliss-reactive ketones (excluding diaryl/α,β-unsaturated/α-hetero) is 1. The Hall–Kier alpha value is -2.02. The lowest BCUT2D eigenvalue weighted by Crippen LogP contribution is -2.35. The van der Waals surface area contributed by atoms with Crippen LogP contribution in [0.15, 0.2) is 21.3 Å². The van der Waals surface area contributed by atoms with Crippen LogP contribution >= 0.6 is 11.3 Å². The van der Waals surface area contributed by atoms with Gasteiger partial charge in [-0.25, -0.2) is 0 Å². The van der Waals surface area contributed by atoms with Crippen molar-refractivity contribution < 1.29 is 14.1 Å². The predicted octanol–water partition coefficient (Wildman–Crippen LogP) is 1.51. The highest BCUT2D eigenvalue weighted by Crippen LogP contribution is 2.20. The summed E-state index contributed by atoms with van der Waals surface area (Å²) in [6.45, 7) is 1.79. The van der Waals surface area contributed by atoms with Gasteiger partial charge in [-0.1, -0.05) is 12.1 Å². The van der Waals surface area contributed by atoms with Crippen LogP contribution in [0.2, 0.25) is 0 Å². The number of rotatable bonds is 6. The molecule has 1 amide bonds. The third-order valence-corrected chi connectivity index (χ3v) is 3.09. The second-order valence-corrected chi connectivity index (χ2v) is 4.32. The summed E-state index contributed by atoms with van der Waals surface area (Å²) in [4.78, 5) is 26.3. The van der Waals surface area contributed by atoms with Crippen molar-refractivity contribution in [1.29, 1.82) is 0 Å². The van der Waals surface area contributed by atoms with Crippen LogP contribution in [0.25, 0.3) is 11.5 Å². The van der Waals surface area contributed by atoms with Crippen molar-refractivity contribution in [3.63, 3.8) is 0 Å². The lowest BCUT2D eigenvalue weighted by atomic mass is 10.1. The smallest absolute Gasteiger partial charge is 0.259 e. The van der Waals surface area contributed by atoms with Crippen molar-refractivity contribution in [3.8, 4) is 11.5 Å². The van der Waals surface area contributed by atoms with Crippen LogP contribution in [0.4, 0.5) is 0 Å². The van der Waals surface area contributed by atoms with Crippen molar-refractivity contribution >= 4 is 23.5 Å². The summed E-state index contributed by atoms with van der Waals surface area (Å²) >= 11 is 1.50. The largest absolute Gasteiger partial charge is 0.348 e. The number of hydrogen-bond acceptors (Lipinski definition) is 6. The molecular weight excluding hydrogens is 254 g/mol. The van der Waals surface area contributed by atoms with Crippen molar-refractivity contribution in [2.45, 2.75) is 19.4 Å². The predicted molar refractivity (Wildman–Crippen MR) is 65.2 cm³/mol. The Balaban J connectivity index is 2.19. The first-order valence-corrected chi connectivity index (χ1v) is 6.30. The molecule has 1 unspecified atom stereocenters. The number of nitrogens with one attached hydrogen (secondary N) is 1. The van der Waals surface area contributed by atoms with Crippen LogP contribution in [0, 0.1) is 0 Å². The second-order valence-electron chi connectivity index (χ2n) is 3.54. The Kier molecular flexibility index (Phi) is 3.83. The zero-order valence-corrected chi connectivity index (χ0v) is 10.4. The number of ketones is 1. The topological polar surface area (TPSA) is 85.1 Å². The molecule has 0 aliphatic carbocycles. The van der Waals surface area contributed by atoms with Crippen molar-refractivity contribution in [2.75, 3.05) is 0 Å². The molecule has 0 aliphatic rings. The fourth-order valence-corrected chi connectivity index (χ4v) is 2.07. The van der Waals surface area contributed by atoms with Gasteiger partial charge in [0, 0.05) is 5.38 Å². The van der Waals surface area contributed by atoms with Crippen LogP contribution in [0.5, 0.6) is 0 Å². The minimum absolute atomic E-state index is 0.0163. The van der Waals surface area contributed by atoms with Gasteiger partial charge in [-0.2, -0.15) is 16.3 Å². The summed E-state index contributed by atoms with van der Waals surface area (Å²) in [5.41, 5.74) is 0.781. The lowest BCUT2D eigenvalue weighted by molar-refractivity contribution is -0.110. The Labute approximate surface area is 107 Å². The molecule has 2 heterocycles. The van der Waals surface area contributed by atoms with E-state index in [4.69, 9.17) is 4.52 Å². The van der Waals surface area contributed by atoms with E-state index in [-0.39, 0.29) is 11.6 Å². The molecule has 0 saturated carbocycles. The first kappa shape index (κ1) is 12.4. The molecule has 1 N–H and O–H groups in total. The van der Waals surface area contributed by atoms with Crippen molar-refractivity contribution in [3.05, 3.63) is 22.7 Å². The summed E-state index contributed by atoms with van der Waals surface area (Å²) in [6.07, 6.45) is 0.964. The Bertz CT molecular complexity index is 535. The van der Waals surface area contributed by atoms with Gasteiger partial charge < -0.3 is 9.84 Å². The van der Waals surface area contributed by atoms with Crippen LogP contribution in [0.3, 0.4) is 0 Å². The fraction of sp³-hybridized carbons (Fsp3) is 0.273. The SMILES string of the molecule is CCC(NC=O)C(=O)c1noc(-c2ccsc2)n1. The third-order valence-electron chi connectivity index (χ3n) is 2.41. The first-order chi connectivity index (χ1) is 8.76. The highest BCUT2D eigenvalue weighted by Gasteiger charge is 2.23. The molecule has 0 bridgehead atoms. The number of carbonyl (C=O) groups excluding carboxylic acids is 2. The van der Waals surface area contributed by atoms with Gasteiger partial charge in [-0.15, -0.1) is 0 Å². The van der Waals surface area contributed by atoms with E-state index in [0.29, 0.717) is 18.7 Å². The average Bonchev–Trinajstić information content (AvgIpc) is 3.04. The summed E-state index contributed by atoms with van der Waals surface area (Å²) in [5, 5.41) is 9.79. The van der Waals surface area contributed by atoms with Crippen molar-refractivity contribution in [2.24, 2.45) is 0 Å². The molecule has 1 atom stereocenters. The van der Waals surface area contributed by atoms with Crippen LogP contribution in [-0.4, -0.2) is 28.4 Å². The van der Waals surface area contributed by atoms with Gasteiger partial charge in [0.1, 0.15) is 0 Å². The molecule has 2 aromatic rings. The Morgan fingerprint density at radius 2 is 2.50 bits per heavy atom. The Morgan fingerprint density at radius 1 is 1.67 bits per heavy atom. The standard InChI is InChI=1S/C11H11N3O3S/c1-2-8(12-6-15)9(16)10-13-11(17-14-10)7-3-4-18-5-7/h3-6,8H,2H2,1H3,(H,12,15). The second kappa shape index (κ2) is 5.54. The highest BCUT2D eigenvalue weighted by atomic mass is 32.1. The molecule has 94 valence electrons.